The van der Waals surface area contributed by atoms with E-state index in [0.717, 1.165) is 5.06 Å². The molecular weight excluding hydrogens is 134 g/mol. The molecule has 0 amide bonds. The maximum Gasteiger partial charge on any atom is 0.333 e. The van der Waals surface area contributed by atoms with Gasteiger partial charge < -0.3 is 5.11 Å². The third kappa shape index (κ3) is 1.35. The monoisotopic (exact) mass is 141 g/mol. The summed E-state index contributed by atoms with van der Waals surface area (Å²) in [7, 11) is 0. The van der Waals surface area contributed by atoms with Crippen molar-refractivity contribution >= 4 is 5.97 Å². The molecule has 2 N–H and O–H groups in total. The van der Waals surface area contributed by atoms with Crippen molar-refractivity contribution in [1.29, 1.82) is 0 Å². The van der Waals surface area contributed by atoms with E-state index in [-0.39, 0.29) is 12.1 Å². The van der Waals surface area contributed by atoms with Gasteiger partial charge >= 0.3 is 5.97 Å². The van der Waals surface area contributed by atoms with E-state index >= 15 is 0 Å². The molecule has 54 valence electrons. The Hall–Kier alpha value is -1.29. The van der Waals surface area contributed by atoms with E-state index < -0.39 is 5.97 Å². The molecule has 0 fully saturated rings. The number of carbonyl (C=O) groups is 1. The predicted octanol–water partition coefficient (Wildman–Crippen LogP) is 0.216. The van der Waals surface area contributed by atoms with Crippen LogP contribution >= 0.6 is 0 Å². The summed E-state index contributed by atoms with van der Waals surface area (Å²) in [6.07, 6.45) is 4.33. The molecule has 1 aliphatic heterocycles. The van der Waals surface area contributed by atoms with Crippen LogP contribution in [0.15, 0.2) is 23.9 Å². The Morgan fingerprint density at radius 1 is 1.70 bits per heavy atom. The van der Waals surface area contributed by atoms with Gasteiger partial charge in [0.2, 0.25) is 0 Å². The average molecular weight is 141 g/mol. The Kier molecular flexibility index (Phi) is 1.73. The number of carboxylic acids is 1. The Morgan fingerprint density at radius 2 is 2.40 bits per heavy atom. The minimum absolute atomic E-state index is 0.0475. The van der Waals surface area contributed by atoms with Crippen LogP contribution in [0.5, 0.6) is 0 Å². The van der Waals surface area contributed by atoms with E-state index in [1.807, 2.05) is 0 Å². The van der Waals surface area contributed by atoms with Crippen LogP contribution in [0, 0.1) is 0 Å². The van der Waals surface area contributed by atoms with E-state index in [0.29, 0.717) is 0 Å². The molecule has 10 heavy (non-hydrogen) atoms. The SMILES string of the molecule is O=C(O)C1=CC=CN(O)C1. The molecule has 0 bridgehead atoms. The minimum Gasteiger partial charge on any atom is -0.478 e. The van der Waals surface area contributed by atoms with Crippen molar-refractivity contribution in [2.45, 2.75) is 0 Å². The number of hydroxylamine groups is 2. The van der Waals surface area contributed by atoms with Crippen molar-refractivity contribution in [2.24, 2.45) is 0 Å². The predicted molar refractivity (Wildman–Crippen MR) is 33.4 cm³/mol. The lowest BCUT2D eigenvalue weighted by molar-refractivity contribution is -0.134. The summed E-state index contributed by atoms with van der Waals surface area (Å²) in [5.74, 6) is -0.997. The molecule has 0 aliphatic carbocycles. The van der Waals surface area contributed by atoms with Gasteiger partial charge in [-0.15, -0.1) is 0 Å². The van der Waals surface area contributed by atoms with Crippen molar-refractivity contribution in [3.63, 3.8) is 0 Å². The van der Waals surface area contributed by atoms with Crippen LogP contribution < -0.4 is 0 Å². The first kappa shape index (κ1) is 6.82. The summed E-state index contributed by atoms with van der Waals surface area (Å²) in [5.41, 5.74) is 0.185. The lowest BCUT2D eigenvalue weighted by Gasteiger charge is -2.14. The van der Waals surface area contributed by atoms with E-state index in [1.165, 1.54) is 18.4 Å². The second kappa shape index (κ2) is 2.53. The molecular formula is C6H7NO3. The van der Waals surface area contributed by atoms with Crippen LogP contribution in [0.4, 0.5) is 0 Å². The van der Waals surface area contributed by atoms with Gasteiger partial charge in [-0.2, -0.15) is 0 Å². The fourth-order valence-corrected chi connectivity index (χ4v) is 0.677. The van der Waals surface area contributed by atoms with Crippen LogP contribution in [-0.4, -0.2) is 27.9 Å². The lowest BCUT2D eigenvalue weighted by Crippen LogP contribution is -2.21. The molecule has 0 saturated heterocycles. The highest BCUT2D eigenvalue weighted by Gasteiger charge is 2.10. The van der Waals surface area contributed by atoms with Crippen molar-refractivity contribution in [3.8, 4) is 0 Å². The van der Waals surface area contributed by atoms with Gasteiger partial charge in [0, 0.05) is 6.20 Å². The summed E-state index contributed by atoms with van der Waals surface area (Å²) in [6, 6.07) is 0. The van der Waals surface area contributed by atoms with Gasteiger partial charge in [0.05, 0.1) is 12.1 Å². The minimum atomic E-state index is -0.997. The molecule has 0 radical (unpaired) electrons. The standard InChI is InChI=1S/C6H7NO3/c8-6(9)5-2-1-3-7(10)4-5/h1-3,10H,4H2,(H,8,9). The maximum atomic E-state index is 10.3. The third-order valence-corrected chi connectivity index (χ3v) is 1.16. The second-order valence-corrected chi connectivity index (χ2v) is 1.94. The van der Waals surface area contributed by atoms with Crippen molar-refractivity contribution in [3.05, 3.63) is 23.9 Å². The molecule has 0 saturated carbocycles. The first-order valence-electron chi connectivity index (χ1n) is 2.76. The first-order chi connectivity index (χ1) is 4.70. The van der Waals surface area contributed by atoms with Crippen molar-refractivity contribution in [1.82, 2.24) is 5.06 Å². The highest BCUT2D eigenvalue weighted by Crippen LogP contribution is 2.03. The molecule has 0 spiro atoms. The smallest absolute Gasteiger partial charge is 0.333 e. The van der Waals surface area contributed by atoms with Gasteiger partial charge in [0.25, 0.3) is 0 Å². The first-order valence-corrected chi connectivity index (χ1v) is 2.76. The number of hydrogen-bond donors (Lipinski definition) is 2. The van der Waals surface area contributed by atoms with E-state index in [2.05, 4.69) is 0 Å². The number of nitrogens with zero attached hydrogens (tertiary/aromatic N) is 1. The molecule has 0 aromatic heterocycles. The molecule has 1 aliphatic rings. The van der Waals surface area contributed by atoms with Crippen LogP contribution in [0.25, 0.3) is 0 Å². The normalized spacial score (nSPS) is 16.9. The number of hydrogen-bond acceptors (Lipinski definition) is 3. The van der Waals surface area contributed by atoms with Crippen LogP contribution in [0.3, 0.4) is 0 Å². The fourth-order valence-electron chi connectivity index (χ4n) is 0.677. The Balaban J connectivity index is 2.71. The molecule has 1 rings (SSSR count). The molecule has 0 aromatic carbocycles. The summed E-state index contributed by atoms with van der Waals surface area (Å²) in [4.78, 5) is 10.3. The van der Waals surface area contributed by atoms with E-state index in [1.54, 1.807) is 0 Å². The number of allylic oxidation sites excluding steroid dienone is 2. The Morgan fingerprint density at radius 3 is 2.80 bits per heavy atom. The molecule has 4 nitrogen and oxygen atoms in total. The number of rotatable bonds is 1. The quantitative estimate of drug-likeness (QED) is 0.548. The Bertz CT molecular complexity index is 207. The molecule has 0 unspecified atom stereocenters. The summed E-state index contributed by atoms with van der Waals surface area (Å²) in [5, 5.41) is 18.0. The van der Waals surface area contributed by atoms with Gasteiger partial charge in [0.15, 0.2) is 0 Å². The third-order valence-electron chi connectivity index (χ3n) is 1.16. The van der Waals surface area contributed by atoms with Gasteiger partial charge in [-0.05, 0) is 12.2 Å². The molecule has 0 atom stereocenters. The lowest BCUT2D eigenvalue weighted by atomic mass is 10.2. The molecule has 1 heterocycles. The van der Waals surface area contributed by atoms with Gasteiger partial charge in [-0.25, -0.2) is 4.79 Å². The fraction of sp³-hybridized carbons (Fsp3) is 0.167. The van der Waals surface area contributed by atoms with E-state index in [4.69, 9.17) is 10.3 Å². The van der Waals surface area contributed by atoms with Crippen molar-refractivity contribution < 1.29 is 15.1 Å². The number of aliphatic carboxylic acids is 1. The van der Waals surface area contributed by atoms with E-state index in [9.17, 15) is 4.79 Å². The summed E-state index contributed by atoms with van der Waals surface area (Å²) < 4.78 is 0. The summed E-state index contributed by atoms with van der Waals surface area (Å²) in [6.45, 7) is 0.0475. The molecule has 0 aromatic rings. The summed E-state index contributed by atoms with van der Waals surface area (Å²) >= 11 is 0. The zero-order chi connectivity index (χ0) is 7.56. The maximum absolute atomic E-state index is 10.3. The van der Waals surface area contributed by atoms with Gasteiger partial charge in [0.1, 0.15) is 0 Å². The largest absolute Gasteiger partial charge is 0.478 e. The van der Waals surface area contributed by atoms with Gasteiger partial charge in [-0.3, -0.25) is 10.3 Å². The van der Waals surface area contributed by atoms with Gasteiger partial charge in [-0.1, -0.05) is 0 Å². The average Bonchev–Trinajstić information content (AvgIpc) is 1.88. The highest BCUT2D eigenvalue weighted by atomic mass is 16.5. The topological polar surface area (TPSA) is 60.8 Å². The second-order valence-electron chi connectivity index (χ2n) is 1.94. The Labute approximate surface area is 57.6 Å². The number of carboxylic acid groups (broad SMARTS) is 1. The van der Waals surface area contributed by atoms with Crippen LogP contribution in [0.2, 0.25) is 0 Å². The zero-order valence-corrected chi connectivity index (χ0v) is 5.19. The molecule has 4 heteroatoms. The van der Waals surface area contributed by atoms with Crippen molar-refractivity contribution in [2.75, 3.05) is 6.54 Å². The van der Waals surface area contributed by atoms with Crippen LogP contribution in [0.1, 0.15) is 0 Å². The zero-order valence-electron chi connectivity index (χ0n) is 5.19. The highest BCUT2D eigenvalue weighted by molar-refractivity contribution is 5.87. The van der Waals surface area contributed by atoms with Crippen LogP contribution in [-0.2, 0) is 4.79 Å².